The molecule has 0 aromatic heterocycles. The first-order chi connectivity index (χ1) is 8.45. The lowest BCUT2D eigenvalue weighted by atomic mass is 9.95. The first kappa shape index (κ1) is 15.0. The van der Waals surface area contributed by atoms with Gasteiger partial charge in [0.1, 0.15) is 6.04 Å². The lowest BCUT2D eigenvalue weighted by molar-refractivity contribution is -0.142. The number of hydrogen-bond donors (Lipinski definition) is 1. The van der Waals surface area contributed by atoms with Crippen LogP contribution in [0.2, 0.25) is 5.02 Å². The third-order valence-electron chi connectivity index (χ3n) is 2.88. The van der Waals surface area contributed by atoms with Crippen molar-refractivity contribution in [3.8, 4) is 0 Å². The normalized spacial score (nSPS) is 14.3. The molecule has 2 unspecified atom stereocenters. The zero-order valence-corrected chi connectivity index (χ0v) is 12.0. The molecule has 0 fully saturated rings. The molecule has 0 amide bonds. The quantitative estimate of drug-likeness (QED) is 0.835. The van der Waals surface area contributed by atoms with Gasteiger partial charge in [0, 0.05) is 11.1 Å². The Bertz CT molecular complexity index is 389. The van der Waals surface area contributed by atoms with E-state index in [0.29, 0.717) is 10.9 Å². The number of benzene rings is 1. The fourth-order valence-corrected chi connectivity index (χ4v) is 1.98. The second-order valence-electron chi connectivity index (χ2n) is 4.68. The van der Waals surface area contributed by atoms with Crippen LogP contribution in [0.1, 0.15) is 32.4 Å². The van der Waals surface area contributed by atoms with Gasteiger partial charge < -0.3 is 4.74 Å². The number of halogens is 1. The number of esters is 1. The monoisotopic (exact) mass is 269 g/mol. The largest absolute Gasteiger partial charge is 0.468 e. The van der Waals surface area contributed by atoms with Crippen LogP contribution in [0.3, 0.4) is 0 Å². The van der Waals surface area contributed by atoms with Gasteiger partial charge in [-0.1, -0.05) is 37.6 Å². The topological polar surface area (TPSA) is 38.3 Å². The summed E-state index contributed by atoms with van der Waals surface area (Å²) in [6.07, 6.45) is 0. The van der Waals surface area contributed by atoms with Crippen LogP contribution >= 0.6 is 11.6 Å². The van der Waals surface area contributed by atoms with E-state index in [2.05, 4.69) is 19.2 Å². The molecule has 0 aliphatic rings. The molecule has 0 heterocycles. The summed E-state index contributed by atoms with van der Waals surface area (Å²) in [4.78, 5) is 11.4. The highest BCUT2D eigenvalue weighted by Crippen LogP contribution is 2.23. The average Bonchev–Trinajstić information content (AvgIpc) is 2.35. The van der Waals surface area contributed by atoms with E-state index in [-0.39, 0.29) is 18.1 Å². The summed E-state index contributed by atoms with van der Waals surface area (Å²) < 4.78 is 4.73. The molecule has 1 aromatic carbocycles. The van der Waals surface area contributed by atoms with Crippen molar-refractivity contribution < 1.29 is 9.53 Å². The molecule has 2 atom stereocenters. The maximum atomic E-state index is 11.4. The molecule has 1 N–H and O–H groups in total. The maximum Gasteiger partial charge on any atom is 0.322 e. The highest BCUT2D eigenvalue weighted by molar-refractivity contribution is 6.30. The van der Waals surface area contributed by atoms with Gasteiger partial charge in [-0.25, -0.2) is 0 Å². The number of methoxy groups -OCH3 is 1. The molecular weight excluding hydrogens is 250 g/mol. The van der Waals surface area contributed by atoms with E-state index in [9.17, 15) is 4.79 Å². The molecule has 4 heteroatoms. The fraction of sp³-hybridized carbons (Fsp3) is 0.500. The van der Waals surface area contributed by atoms with Gasteiger partial charge in [-0.3, -0.25) is 10.1 Å². The molecule has 0 aliphatic carbocycles. The van der Waals surface area contributed by atoms with Gasteiger partial charge in [-0.2, -0.15) is 0 Å². The Labute approximate surface area is 113 Å². The van der Waals surface area contributed by atoms with Gasteiger partial charge >= 0.3 is 5.97 Å². The molecule has 100 valence electrons. The maximum absolute atomic E-state index is 11.4. The second kappa shape index (κ2) is 6.76. The predicted molar refractivity (Wildman–Crippen MR) is 73.6 cm³/mol. The van der Waals surface area contributed by atoms with Crippen LogP contribution in [0.25, 0.3) is 0 Å². The molecule has 0 saturated carbocycles. The molecule has 1 aromatic rings. The highest BCUT2D eigenvalue weighted by atomic mass is 35.5. The summed E-state index contributed by atoms with van der Waals surface area (Å²) in [6, 6.07) is 7.43. The molecule has 1 rings (SSSR count). The number of nitrogens with one attached hydrogen (secondary N) is 1. The third-order valence-corrected chi connectivity index (χ3v) is 3.13. The van der Waals surface area contributed by atoms with E-state index in [1.807, 2.05) is 24.3 Å². The fourth-order valence-electron chi connectivity index (χ4n) is 1.86. The minimum absolute atomic E-state index is 0.0939. The van der Waals surface area contributed by atoms with Gasteiger partial charge in [0.15, 0.2) is 0 Å². The molecule has 0 spiro atoms. The number of hydrogen-bond acceptors (Lipinski definition) is 3. The van der Waals surface area contributed by atoms with Crippen LogP contribution in [0.5, 0.6) is 0 Å². The lowest BCUT2D eigenvalue weighted by Gasteiger charge is -2.25. The molecule has 18 heavy (non-hydrogen) atoms. The van der Waals surface area contributed by atoms with Crippen molar-refractivity contribution >= 4 is 17.6 Å². The van der Waals surface area contributed by atoms with E-state index in [1.165, 1.54) is 7.11 Å². The van der Waals surface area contributed by atoms with Crippen molar-refractivity contribution in [1.29, 1.82) is 0 Å². The number of ether oxygens (including phenoxy) is 1. The Morgan fingerprint density at radius 2 is 1.78 bits per heavy atom. The van der Waals surface area contributed by atoms with Crippen LogP contribution in [0.15, 0.2) is 24.3 Å². The Kier molecular flexibility index (Phi) is 5.63. The Morgan fingerprint density at radius 3 is 2.22 bits per heavy atom. The summed E-state index contributed by atoms with van der Waals surface area (Å²) in [5.74, 6) is 0.105. The summed E-state index contributed by atoms with van der Waals surface area (Å²) in [7, 11) is 1.40. The van der Waals surface area contributed by atoms with E-state index >= 15 is 0 Å². The first-order valence-corrected chi connectivity index (χ1v) is 6.42. The number of carbonyl (C=O) groups excluding carboxylic acids is 1. The van der Waals surface area contributed by atoms with Gasteiger partial charge in [0.2, 0.25) is 0 Å². The Balaban J connectivity index is 2.83. The molecule has 0 aliphatic heterocycles. The Morgan fingerprint density at radius 1 is 1.22 bits per heavy atom. The minimum Gasteiger partial charge on any atom is -0.468 e. The van der Waals surface area contributed by atoms with Crippen molar-refractivity contribution in [2.45, 2.75) is 32.9 Å². The lowest BCUT2D eigenvalue weighted by Crippen LogP contribution is -2.39. The number of carbonyl (C=O) groups is 1. The van der Waals surface area contributed by atoms with Crippen molar-refractivity contribution in [2.75, 3.05) is 7.11 Å². The molecule has 0 saturated heterocycles. The standard InChI is InChI=1S/C14H20ClNO2/c1-9(2)13(16-10(3)14(17)18-4)11-5-7-12(15)8-6-11/h5-10,13,16H,1-4H3. The second-order valence-corrected chi connectivity index (χ2v) is 5.12. The summed E-state index contributed by atoms with van der Waals surface area (Å²) in [5, 5.41) is 4.00. The van der Waals surface area contributed by atoms with E-state index < -0.39 is 0 Å². The van der Waals surface area contributed by atoms with E-state index in [0.717, 1.165) is 5.56 Å². The highest BCUT2D eigenvalue weighted by Gasteiger charge is 2.21. The number of rotatable bonds is 5. The van der Waals surface area contributed by atoms with E-state index in [4.69, 9.17) is 16.3 Å². The van der Waals surface area contributed by atoms with Crippen molar-refractivity contribution in [3.63, 3.8) is 0 Å². The summed E-state index contributed by atoms with van der Waals surface area (Å²) >= 11 is 5.88. The van der Waals surface area contributed by atoms with Gasteiger partial charge in [0.05, 0.1) is 7.11 Å². The van der Waals surface area contributed by atoms with Crippen LogP contribution in [0.4, 0.5) is 0 Å². The first-order valence-electron chi connectivity index (χ1n) is 6.05. The van der Waals surface area contributed by atoms with Crippen molar-refractivity contribution in [1.82, 2.24) is 5.32 Å². The molecular formula is C14H20ClNO2. The molecule has 0 radical (unpaired) electrons. The predicted octanol–water partition coefficient (Wildman–Crippen LogP) is 3.19. The summed E-state index contributed by atoms with van der Waals surface area (Å²) in [5.41, 5.74) is 1.12. The summed E-state index contributed by atoms with van der Waals surface area (Å²) in [6.45, 7) is 6.02. The molecule has 3 nitrogen and oxygen atoms in total. The van der Waals surface area contributed by atoms with Crippen LogP contribution < -0.4 is 5.32 Å². The smallest absolute Gasteiger partial charge is 0.322 e. The van der Waals surface area contributed by atoms with Crippen molar-refractivity contribution in [2.24, 2.45) is 5.92 Å². The Hall–Kier alpha value is -1.06. The van der Waals surface area contributed by atoms with Crippen LogP contribution in [-0.2, 0) is 9.53 Å². The minimum atomic E-state index is -0.335. The van der Waals surface area contributed by atoms with Crippen LogP contribution in [0, 0.1) is 5.92 Å². The van der Waals surface area contributed by atoms with Crippen molar-refractivity contribution in [3.05, 3.63) is 34.9 Å². The van der Waals surface area contributed by atoms with Gasteiger partial charge in [-0.05, 0) is 30.5 Å². The SMILES string of the molecule is COC(=O)C(C)NC(c1ccc(Cl)cc1)C(C)C. The van der Waals surface area contributed by atoms with Gasteiger partial charge in [0.25, 0.3) is 0 Å². The third kappa shape index (κ3) is 4.00. The zero-order chi connectivity index (χ0) is 13.7. The van der Waals surface area contributed by atoms with E-state index in [1.54, 1.807) is 6.92 Å². The van der Waals surface area contributed by atoms with Crippen LogP contribution in [-0.4, -0.2) is 19.1 Å². The average molecular weight is 270 g/mol. The zero-order valence-electron chi connectivity index (χ0n) is 11.2. The van der Waals surface area contributed by atoms with Gasteiger partial charge in [-0.15, -0.1) is 0 Å². The molecule has 0 bridgehead atoms.